The molecule has 2 aromatic rings. The molecule has 2 heterocycles. The number of thioether (sulfide) groups is 1. The minimum absolute atomic E-state index is 0.668. The van der Waals surface area contributed by atoms with E-state index in [9.17, 15) is 0 Å². The molecule has 0 aromatic carbocycles. The molecule has 2 nitrogen and oxygen atoms in total. The first-order valence-electron chi connectivity index (χ1n) is 5.21. The fraction of sp³-hybridized carbons (Fsp3) is 0.417. The molecule has 0 saturated heterocycles. The molecule has 0 bridgehead atoms. The highest BCUT2D eigenvalue weighted by Crippen LogP contribution is 2.18. The highest BCUT2D eigenvalue weighted by atomic mass is 32.2. The SMILES string of the molecule is Cc1ccn2c(CSC(C)C)cnc2c1. The lowest BCUT2D eigenvalue weighted by atomic mass is 10.3. The number of pyridine rings is 1. The Labute approximate surface area is 94.7 Å². The van der Waals surface area contributed by atoms with E-state index in [1.54, 1.807) is 0 Å². The summed E-state index contributed by atoms with van der Waals surface area (Å²) in [5.41, 5.74) is 3.59. The van der Waals surface area contributed by atoms with Gasteiger partial charge in [-0.1, -0.05) is 13.8 Å². The molecule has 0 fully saturated rings. The average Bonchev–Trinajstić information content (AvgIpc) is 2.57. The van der Waals surface area contributed by atoms with Crippen molar-refractivity contribution in [1.82, 2.24) is 9.38 Å². The van der Waals surface area contributed by atoms with Gasteiger partial charge in [0.2, 0.25) is 0 Å². The van der Waals surface area contributed by atoms with E-state index < -0.39 is 0 Å². The molecule has 3 heteroatoms. The zero-order valence-electron chi connectivity index (χ0n) is 9.40. The van der Waals surface area contributed by atoms with Gasteiger partial charge in [-0.05, 0) is 29.9 Å². The highest BCUT2D eigenvalue weighted by molar-refractivity contribution is 7.99. The molecule has 80 valence electrons. The monoisotopic (exact) mass is 220 g/mol. The maximum Gasteiger partial charge on any atom is 0.137 e. The van der Waals surface area contributed by atoms with E-state index in [1.807, 2.05) is 18.0 Å². The van der Waals surface area contributed by atoms with Crippen molar-refractivity contribution >= 4 is 17.4 Å². The van der Waals surface area contributed by atoms with Gasteiger partial charge in [0.25, 0.3) is 0 Å². The van der Waals surface area contributed by atoms with Crippen LogP contribution in [0.2, 0.25) is 0 Å². The lowest BCUT2D eigenvalue weighted by molar-refractivity contribution is 1.06. The Morgan fingerprint density at radius 1 is 1.47 bits per heavy atom. The minimum Gasteiger partial charge on any atom is -0.303 e. The summed E-state index contributed by atoms with van der Waals surface area (Å²) in [4.78, 5) is 4.41. The molecule has 15 heavy (non-hydrogen) atoms. The van der Waals surface area contributed by atoms with Crippen LogP contribution in [0.5, 0.6) is 0 Å². The Kier molecular flexibility index (Phi) is 3.00. The van der Waals surface area contributed by atoms with Crippen molar-refractivity contribution in [1.29, 1.82) is 0 Å². The Balaban J connectivity index is 2.29. The number of rotatable bonds is 3. The summed E-state index contributed by atoms with van der Waals surface area (Å²) >= 11 is 1.95. The summed E-state index contributed by atoms with van der Waals surface area (Å²) in [6, 6.07) is 4.24. The molecule has 0 spiro atoms. The predicted molar refractivity (Wildman–Crippen MR) is 66.4 cm³/mol. The van der Waals surface area contributed by atoms with Gasteiger partial charge in [0.05, 0.1) is 11.9 Å². The van der Waals surface area contributed by atoms with Crippen LogP contribution in [-0.2, 0) is 5.75 Å². The molecule has 0 amide bonds. The average molecular weight is 220 g/mol. The molecular formula is C12H16N2S. The van der Waals surface area contributed by atoms with E-state index in [0.29, 0.717) is 5.25 Å². The third kappa shape index (κ3) is 2.34. The number of hydrogen-bond donors (Lipinski definition) is 0. The van der Waals surface area contributed by atoms with Gasteiger partial charge in [-0.15, -0.1) is 0 Å². The number of hydrogen-bond acceptors (Lipinski definition) is 2. The van der Waals surface area contributed by atoms with Crippen molar-refractivity contribution in [2.45, 2.75) is 31.8 Å². The molecule has 0 atom stereocenters. The Morgan fingerprint density at radius 2 is 2.27 bits per heavy atom. The van der Waals surface area contributed by atoms with Crippen molar-refractivity contribution in [2.24, 2.45) is 0 Å². The van der Waals surface area contributed by atoms with Crippen molar-refractivity contribution in [3.63, 3.8) is 0 Å². The van der Waals surface area contributed by atoms with Gasteiger partial charge in [-0.25, -0.2) is 4.98 Å². The van der Waals surface area contributed by atoms with Crippen molar-refractivity contribution < 1.29 is 0 Å². The molecule has 0 saturated carbocycles. The lowest BCUT2D eigenvalue weighted by Gasteiger charge is -2.04. The molecule has 0 aliphatic carbocycles. The lowest BCUT2D eigenvalue weighted by Crippen LogP contribution is -1.94. The van der Waals surface area contributed by atoms with E-state index in [1.165, 1.54) is 11.3 Å². The quantitative estimate of drug-likeness (QED) is 0.789. The van der Waals surface area contributed by atoms with E-state index in [-0.39, 0.29) is 0 Å². The summed E-state index contributed by atoms with van der Waals surface area (Å²) < 4.78 is 2.17. The fourth-order valence-corrected chi connectivity index (χ4v) is 2.21. The van der Waals surface area contributed by atoms with Gasteiger partial charge in [0, 0.05) is 11.9 Å². The molecule has 2 rings (SSSR count). The largest absolute Gasteiger partial charge is 0.303 e. The van der Waals surface area contributed by atoms with Crippen LogP contribution in [0.25, 0.3) is 5.65 Å². The molecule has 0 aliphatic rings. The van der Waals surface area contributed by atoms with Gasteiger partial charge in [0.1, 0.15) is 5.65 Å². The van der Waals surface area contributed by atoms with Crippen LogP contribution in [0.1, 0.15) is 25.1 Å². The third-order valence-electron chi connectivity index (χ3n) is 2.31. The third-order valence-corrected chi connectivity index (χ3v) is 3.44. The van der Waals surface area contributed by atoms with Gasteiger partial charge in [-0.2, -0.15) is 11.8 Å². The fourth-order valence-electron chi connectivity index (χ4n) is 1.49. The summed E-state index contributed by atoms with van der Waals surface area (Å²) in [5.74, 6) is 1.03. The van der Waals surface area contributed by atoms with Gasteiger partial charge in [-0.3, -0.25) is 0 Å². The molecule has 0 N–H and O–H groups in total. The number of aryl methyl sites for hydroxylation is 1. The zero-order valence-corrected chi connectivity index (χ0v) is 10.2. The van der Waals surface area contributed by atoms with Crippen LogP contribution >= 0.6 is 11.8 Å². The molecular weight excluding hydrogens is 204 g/mol. The van der Waals surface area contributed by atoms with Crippen LogP contribution in [0.4, 0.5) is 0 Å². The second kappa shape index (κ2) is 4.27. The summed E-state index contributed by atoms with van der Waals surface area (Å²) in [5, 5.41) is 0.668. The normalized spacial score (nSPS) is 11.5. The topological polar surface area (TPSA) is 17.3 Å². The predicted octanol–water partition coefficient (Wildman–Crippen LogP) is 3.28. The Hall–Kier alpha value is -0.960. The van der Waals surface area contributed by atoms with Crippen LogP contribution in [0, 0.1) is 6.92 Å². The maximum atomic E-state index is 4.41. The first-order chi connectivity index (χ1) is 7.16. The molecule has 0 radical (unpaired) electrons. The van der Waals surface area contributed by atoms with E-state index in [2.05, 4.69) is 48.5 Å². The highest BCUT2D eigenvalue weighted by Gasteiger charge is 2.04. The first kappa shape index (κ1) is 10.6. The summed E-state index contributed by atoms with van der Waals surface area (Å²) in [7, 11) is 0. The summed E-state index contributed by atoms with van der Waals surface area (Å²) in [6.07, 6.45) is 4.08. The van der Waals surface area contributed by atoms with Crippen LogP contribution in [0.3, 0.4) is 0 Å². The van der Waals surface area contributed by atoms with Crippen LogP contribution in [-0.4, -0.2) is 14.6 Å². The number of aromatic nitrogens is 2. The number of nitrogens with zero attached hydrogens (tertiary/aromatic N) is 2. The van der Waals surface area contributed by atoms with Gasteiger partial charge >= 0.3 is 0 Å². The van der Waals surface area contributed by atoms with Crippen LogP contribution in [0.15, 0.2) is 24.5 Å². The first-order valence-corrected chi connectivity index (χ1v) is 6.26. The number of imidazole rings is 1. The van der Waals surface area contributed by atoms with Crippen molar-refractivity contribution in [2.75, 3.05) is 0 Å². The standard InChI is InChI=1S/C12H16N2S/c1-9(2)15-8-11-7-13-12-6-10(3)4-5-14(11)12/h4-7,9H,8H2,1-3H3. The van der Waals surface area contributed by atoms with E-state index in [4.69, 9.17) is 0 Å². The Morgan fingerprint density at radius 3 is 3.00 bits per heavy atom. The van der Waals surface area contributed by atoms with Crippen molar-refractivity contribution in [3.05, 3.63) is 35.8 Å². The molecule has 2 aromatic heterocycles. The van der Waals surface area contributed by atoms with Gasteiger partial charge in [0.15, 0.2) is 0 Å². The number of fused-ring (bicyclic) bond motifs is 1. The minimum atomic E-state index is 0.668. The zero-order chi connectivity index (χ0) is 10.8. The second-order valence-electron chi connectivity index (χ2n) is 4.04. The Bertz CT molecular complexity index is 460. The van der Waals surface area contributed by atoms with E-state index >= 15 is 0 Å². The smallest absolute Gasteiger partial charge is 0.137 e. The van der Waals surface area contributed by atoms with E-state index in [0.717, 1.165) is 11.4 Å². The van der Waals surface area contributed by atoms with Gasteiger partial charge < -0.3 is 4.40 Å². The molecule has 0 unspecified atom stereocenters. The second-order valence-corrected chi connectivity index (χ2v) is 5.61. The van der Waals surface area contributed by atoms with Crippen molar-refractivity contribution in [3.8, 4) is 0 Å². The summed E-state index contributed by atoms with van der Waals surface area (Å²) in [6.45, 7) is 6.54. The van der Waals surface area contributed by atoms with Crippen LogP contribution < -0.4 is 0 Å². The molecule has 0 aliphatic heterocycles. The maximum absolute atomic E-state index is 4.41.